The highest BCUT2D eigenvalue weighted by Gasteiger charge is 2.29. The minimum atomic E-state index is -3.96. The van der Waals surface area contributed by atoms with Gasteiger partial charge in [-0.05, 0) is 42.7 Å². The molecule has 1 unspecified atom stereocenters. The van der Waals surface area contributed by atoms with Gasteiger partial charge >= 0.3 is 10.2 Å². The highest BCUT2D eigenvalue weighted by Crippen LogP contribution is 2.38. The first-order chi connectivity index (χ1) is 17.7. The van der Waals surface area contributed by atoms with E-state index < -0.39 is 16.1 Å². The number of rotatable bonds is 8. The number of ether oxygens (including phenoxy) is 2. The minimum absolute atomic E-state index is 0.0795. The van der Waals surface area contributed by atoms with E-state index in [1.54, 1.807) is 13.1 Å². The van der Waals surface area contributed by atoms with E-state index in [1.165, 1.54) is 29.9 Å². The lowest BCUT2D eigenvalue weighted by atomic mass is 10.0. The summed E-state index contributed by atoms with van der Waals surface area (Å²) < 4.78 is 55.3. The van der Waals surface area contributed by atoms with Gasteiger partial charge in [0.25, 0.3) is 5.91 Å². The molecular weight excluding hydrogens is 501 g/mol. The molecule has 2 aliphatic heterocycles. The third-order valence-electron chi connectivity index (χ3n) is 6.88. The van der Waals surface area contributed by atoms with Gasteiger partial charge in [0.15, 0.2) is 0 Å². The van der Waals surface area contributed by atoms with Crippen LogP contribution in [-0.2, 0) is 14.9 Å². The summed E-state index contributed by atoms with van der Waals surface area (Å²) in [5.74, 6) is -0.629. The lowest BCUT2D eigenvalue weighted by Crippen LogP contribution is -2.41. The number of nitrogens with zero attached hydrogens (tertiary/aromatic N) is 4. The van der Waals surface area contributed by atoms with Gasteiger partial charge in [-0.15, -0.1) is 0 Å². The molecule has 2 atom stereocenters. The summed E-state index contributed by atoms with van der Waals surface area (Å²) in [4.78, 5) is 15.0. The lowest BCUT2D eigenvalue weighted by molar-refractivity contribution is 0.0981. The zero-order valence-corrected chi connectivity index (χ0v) is 21.6. The smallest absolute Gasteiger partial charge is 0.303 e. The summed E-state index contributed by atoms with van der Waals surface area (Å²) >= 11 is 0. The van der Waals surface area contributed by atoms with Gasteiger partial charge in [-0.25, -0.2) is 13.6 Å². The molecule has 1 aromatic carbocycles. The second kappa shape index (κ2) is 10.3. The van der Waals surface area contributed by atoms with Crippen molar-refractivity contribution in [2.24, 2.45) is 0 Å². The van der Waals surface area contributed by atoms with E-state index in [9.17, 15) is 17.6 Å². The van der Waals surface area contributed by atoms with Crippen LogP contribution in [-0.4, -0.2) is 67.7 Å². The van der Waals surface area contributed by atoms with Crippen molar-refractivity contribution < 1.29 is 27.1 Å². The lowest BCUT2D eigenvalue weighted by Gasteiger charge is -2.28. The molecule has 3 aromatic rings. The van der Waals surface area contributed by atoms with Gasteiger partial charge in [0.1, 0.15) is 17.7 Å². The van der Waals surface area contributed by atoms with Gasteiger partial charge in [0.05, 0.1) is 36.5 Å². The van der Waals surface area contributed by atoms with Crippen LogP contribution in [0.1, 0.15) is 48.1 Å². The predicted octanol–water partition coefficient (Wildman–Crippen LogP) is 2.91. The number of fused-ring (bicyclic) bond motifs is 1. The predicted molar refractivity (Wildman–Crippen MR) is 135 cm³/mol. The largest absolute Gasteiger partial charge is 0.488 e. The average Bonchev–Trinajstić information content (AvgIpc) is 3.63. The van der Waals surface area contributed by atoms with E-state index in [-0.39, 0.29) is 30.1 Å². The standard InChI is InChI=1S/C25H30FN5O5S/c1-3-29(2)37(33,34)28-25(32)22-15-27-31-9-6-19(14-24(22)31)30-8-4-5-23(30)17-11-18(26)13-21(12-17)36-20-7-10-35-16-20/h6,9,11-15,20,23H,3-5,7-8,10,16H2,1-2H3,(H,28,32)/t20?,23-/m1/s1. The topological polar surface area (TPSA) is 105 Å². The fraction of sp³-hybridized carbons (Fsp3) is 0.440. The Balaban J connectivity index is 1.42. The maximum absolute atomic E-state index is 14.6. The van der Waals surface area contributed by atoms with E-state index in [4.69, 9.17) is 9.47 Å². The Hall–Kier alpha value is -3.22. The van der Waals surface area contributed by atoms with Crippen LogP contribution >= 0.6 is 0 Å². The molecule has 0 bridgehead atoms. The second-order valence-electron chi connectivity index (χ2n) is 9.30. The Morgan fingerprint density at radius 1 is 1.30 bits per heavy atom. The van der Waals surface area contributed by atoms with Crippen molar-refractivity contribution in [1.29, 1.82) is 0 Å². The molecule has 2 saturated heterocycles. The summed E-state index contributed by atoms with van der Waals surface area (Å²) in [6.07, 6.45) is 5.51. The maximum Gasteiger partial charge on any atom is 0.303 e. The normalized spacial score (nSPS) is 20.2. The van der Waals surface area contributed by atoms with Gasteiger partial charge in [0, 0.05) is 44.5 Å². The van der Waals surface area contributed by atoms with Crippen LogP contribution in [0.3, 0.4) is 0 Å². The fourth-order valence-corrected chi connectivity index (χ4v) is 5.65. The number of aromatic nitrogens is 2. The average molecular weight is 532 g/mol. The fourth-order valence-electron chi connectivity index (χ4n) is 4.81. The third kappa shape index (κ3) is 5.27. The first-order valence-electron chi connectivity index (χ1n) is 12.3. The number of nitrogens with one attached hydrogen (secondary N) is 1. The molecule has 2 fully saturated rings. The molecule has 0 radical (unpaired) electrons. The SMILES string of the molecule is CCN(C)S(=O)(=O)NC(=O)c1cnn2ccc(N3CCC[C@@H]3c3cc(F)cc(OC4CCOC4)c3)cc12. The van der Waals surface area contributed by atoms with Crippen LogP contribution in [0.2, 0.25) is 0 Å². The molecule has 0 saturated carbocycles. The van der Waals surface area contributed by atoms with Crippen molar-refractivity contribution in [2.75, 3.05) is 38.3 Å². The number of carbonyl (C=O) groups is 1. The number of amides is 1. The van der Waals surface area contributed by atoms with Crippen molar-refractivity contribution in [3.63, 3.8) is 0 Å². The number of benzene rings is 1. The molecule has 2 aromatic heterocycles. The highest BCUT2D eigenvalue weighted by atomic mass is 32.2. The zero-order valence-electron chi connectivity index (χ0n) is 20.8. The van der Waals surface area contributed by atoms with Gasteiger partial charge in [-0.2, -0.15) is 17.8 Å². The highest BCUT2D eigenvalue weighted by molar-refractivity contribution is 7.87. The monoisotopic (exact) mass is 531 g/mol. The zero-order chi connectivity index (χ0) is 26.2. The second-order valence-corrected chi connectivity index (χ2v) is 11.1. The Kier molecular flexibility index (Phi) is 7.06. The molecule has 5 rings (SSSR count). The van der Waals surface area contributed by atoms with Gasteiger partial charge in [-0.3, -0.25) is 4.79 Å². The van der Waals surface area contributed by atoms with Crippen molar-refractivity contribution >= 4 is 27.3 Å². The van der Waals surface area contributed by atoms with Crippen LogP contribution in [0.15, 0.2) is 42.7 Å². The van der Waals surface area contributed by atoms with Crippen LogP contribution in [0.4, 0.5) is 10.1 Å². The van der Waals surface area contributed by atoms with Crippen molar-refractivity contribution in [1.82, 2.24) is 18.6 Å². The van der Waals surface area contributed by atoms with E-state index in [0.717, 1.165) is 41.4 Å². The number of carbonyl (C=O) groups excluding carboxylic acids is 1. The van der Waals surface area contributed by atoms with Crippen molar-refractivity contribution in [3.8, 4) is 5.75 Å². The maximum atomic E-state index is 14.6. The minimum Gasteiger partial charge on any atom is -0.488 e. The summed E-state index contributed by atoms with van der Waals surface area (Å²) in [5.41, 5.74) is 2.26. The third-order valence-corrected chi connectivity index (χ3v) is 8.40. The first-order valence-corrected chi connectivity index (χ1v) is 13.8. The van der Waals surface area contributed by atoms with Crippen LogP contribution < -0.4 is 14.4 Å². The molecule has 1 N–H and O–H groups in total. The molecule has 37 heavy (non-hydrogen) atoms. The van der Waals surface area contributed by atoms with Crippen LogP contribution in [0.25, 0.3) is 5.52 Å². The summed E-state index contributed by atoms with van der Waals surface area (Å²) in [6, 6.07) is 8.42. The molecule has 198 valence electrons. The summed E-state index contributed by atoms with van der Waals surface area (Å²) in [7, 11) is -2.57. The van der Waals surface area contributed by atoms with Crippen LogP contribution in [0, 0.1) is 5.82 Å². The molecule has 4 heterocycles. The first kappa shape index (κ1) is 25.4. The van der Waals surface area contributed by atoms with Crippen molar-refractivity contribution in [2.45, 2.75) is 38.3 Å². The molecule has 10 nitrogen and oxygen atoms in total. The summed E-state index contributed by atoms with van der Waals surface area (Å²) in [6.45, 7) is 3.78. The van der Waals surface area contributed by atoms with E-state index in [2.05, 4.69) is 14.7 Å². The molecule has 0 spiro atoms. The molecular formula is C25H30FN5O5S. The Morgan fingerprint density at radius 3 is 2.89 bits per heavy atom. The van der Waals surface area contributed by atoms with Gasteiger partial charge in [0.2, 0.25) is 0 Å². The van der Waals surface area contributed by atoms with E-state index in [1.807, 2.05) is 18.2 Å². The van der Waals surface area contributed by atoms with E-state index in [0.29, 0.717) is 24.5 Å². The van der Waals surface area contributed by atoms with Crippen molar-refractivity contribution in [3.05, 3.63) is 59.7 Å². The van der Waals surface area contributed by atoms with Gasteiger partial charge < -0.3 is 14.4 Å². The van der Waals surface area contributed by atoms with E-state index >= 15 is 0 Å². The molecule has 2 aliphatic rings. The number of hydrogen-bond donors (Lipinski definition) is 1. The quantitative estimate of drug-likeness (QED) is 0.477. The Labute approximate surface area is 215 Å². The number of pyridine rings is 1. The molecule has 12 heteroatoms. The summed E-state index contributed by atoms with van der Waals surface area (Å²) in [5, 5.41) is 4.20. The van der Waals surface area contributed by atoms with Gasteiger partial charge in [-0.1, -0.05) is 6.92 Å². The van der Waals surface area contributed by atoms with Crippen LogP contribution in [0.5, 0.6) is 5.75 Å². The Bertz CT molecular complexity index is 1410. The Morgan fingerprint density at radius 2 is 2.14 bits per heavy atom. The number of anilines is 1. The molecule has 0 aliphatic carbocycles. The number of hydrogen-bond acceptors (Lipinski definition) is 7. The number of halogens is 1. The molecule has 1 amide bonds.